The highest BCUT2D eigenvalue weighted by Gasteiger charge is 2.27. The molecule has 0 aliphatic rings. The van der Waals surface area contributed by atoms with Gasteiger partial charge in [-0.25, -0.2) is 4.98 Å². The Morgan fingerprint density at radius 3 is 2.67 bits per heavy atom. The third kappa shape index (κ3) is 2.61. The van der Waals surface area contributed by atoms with Crippen LogP contribution in [0, 0.1) is 6.92 Å². The maximum Gasteiger partial charge on any atom is 0.390 e. The van der Waals surface area contributed by atoms with Crippen LogP contribution in [0.1, 0.15) is 17.8 Å². The lowest BCUT2D eigenvalue weighted by Gasteiger charge is -2.10. The van der Waals surface area contributed by atoms with Crippen LogP contribution < -0.4 is 0 Å². The zero-order chi connectivity index (χ0) is 13.3. The van der Waals surface area contributed by atoms with Gasteiger partial charge in [-0.3, -0.25) is 0 Å². The summed E-state index contributed by atoms with van der Waals surface area (Å²) in [6, 6.07) is 5.45. The van der Waals surface area contributed by atoms with E-state index in [0.717, 1.165) is 11.1 Å². The van der Waals surface area contributed by atoms with Crippen molar-refractivity contribution in [2.45, 2.75) is 31.9 Å². The number of aryl methyl sites for hydroxylation is 2. The van der Waals surface area contributed by atoms with Gasteiger partial charge in [0.05, 0.1) is 23.3 Å². The van der Waals surface area contributed by atoms with Crippen molar-refractivity contribution in [3.05, 3.63) is 29.6 Å². The molecular formula is C12H12ClF3N2. The highest BCUT2D eigenvalue weighted by Crippen LogP contribution is 2.25. The fourth-order valence-electron chi connectivity index (χ4n) is 1.93. The molecule has 0 unspecified atom stereocenters. The molecule has 1 heterocycles. The van der Waals surface area contributed by atoms with Crippen molar-refractivity contribution in [3.63, 3.8) is 0 Å². The predicted octanol–water partition coefficient (Wildman–Crippen LogP) is 4.04. The van der Waals surface area contributed by atoms with E-state index in [1.54, 1.807) is 16.7 Å². The number of imidazole rings is 1. The minimum Gasteiger partial charge on any atom is -0.327 e. The molecule has 2 nitrogen and oxygen atoms in total. The lowest BCUT2D eigenvalue weighted by molar-refractivity contribution is -0.136. The number of halogens is 4. The van der Waals surface area contributed by atoms with Crippen LogP contribution in [0.15, 0.2) is 18.2 Å². The van der Waals surface area contributed by atoms with Gasteiger partial charge in [0.1, 0.15) is 5.82 Å². The van der Waals surface area contributed by atoms with E-state index in [4.69, 9.17) is 11.6 Å². The van der Waals surface area contributed by atoms with Crippen LogP contribution in [0.25, 0.3) is 11.0 Å². The second kappa shape index (κ2) is 4.80. The Morgan fingerprint density at radius 2 is 2.06 bits per heavy atom. The molecule has 0 aliphatic carbocycles. The van der Waals surface area contributed by atoms with Crippen molar-refractivity contribution in [1.82, 2.24) is 9.55 Å². The van der Waals surface area contributed by atoms with Crippen LogP contribution >= 0.6 is 11.6 Å². The van der Waals surface area contributed by atoms with Crippen molar-refractivity contribution in [2.24, 2.45) is 0 Å². The van der Waals surface area contributed by atoms with Gasteiger partial charge in [-0.2, -0.15) is 13.2 Å². The molecule has 0 saturated carbocycles. The quantitative estimate of drug-likeness (QED) is 0.774. The van der Waals surface area contributed by atoms with E-state index in [1.807, 2.05) is 13.0 Å². The molecule has 1 aromatic heterocycles. The first kappa shape index (κ1) is 13.2. The first-order valence-corrected chi connectivity index (χ1v) is 6.03. The molecular weight excluding hydrogens is 265 g/mol. The van der Waals surface area contributed by atoms with Gasteiger partial charge in [-0.1, -0.05) is 12.1 Å². The second-order valence-corrected chi connectivity index (χ2v) is 4.39. The first-order valence-electron chi connectivity index (χ1n) is 5.50. The van der Waals surface area contributed by atoms with Gasteiger partial charge in [-0.15, -0.1) is 11.6 Å². The monoisotopic (exact) mass is 276 g/mol. The SMILES string of the molecule is Cc1cccc2c1nc(CCl)n2CCC(F)(F)F. The molecule has 0 aliphatic heterocycles. The van der Waals surface area contributed by atoms with E-state index < -0.39 is 12.6 Å². The molecule has 0 spiro atoms. The minimum absolute atomic E-state index is 0.103. The molecule has 1 aromatic carbocycles. The maximum absolute atomic E-state index is 12.3. The normalized spacial score (nSPS) is 12.3. The Hall–Kier alpha value is -1.23. The number of fused-ring (bicyclic) bond motifs is 1. The molecule has 0 fully saturated rings. The number of hydrogen-bond acceptors (Lipinski definition) is 1. The number of para-hydroxylation sites is 1. The van der Waals surface area contributed by atoms with Crippen LogP contribution in [0.5, 0.6) is 0 Å². The molecule has 0 saturated heterocycles. The lowest BCUT2D eigenvalue weighted by Crippen LogP contribution is -2.13. The topological polar surface area (TPSA) is 17.8 Å². The zero-order valence-corrected chi connectivity index (χ0v) is 10.5. The standard InChI is InChI=1S/C12H12ClF3N2/c1-8-3-2-4-9-11(8)17-10(7-13)18(9)6-5-12(14,15)16/h2-4H,5-7H2,1H3. The van der Waals surface area contributed by atoms with Gasteiger partial charge in [0.25, 0.3) is 0 Å². The van der Waals surface area contributed by atoms with Crippen molar-refractivity contribution in [1.29, 1.82) is 0 Å². The summed E-state index contributed by atoms with van der Waals surface area (Å²) < 4.78 is 38.4. The maximum atomic E-state index is 12.3. The van der Waals surface area contributed by atoms with Crippen LogP contribution in [0.2, 0.25) is 0 Å². The summed E-state index contributed by atoms with van der Waals surface area (Å²) in [5.41, 5.74) is 2.36. The average Bonchev–Trinajstić information content (AvgIpc) is 2.65. The summed E-state index contributed by atoms with van der Waals surface area (Å²) in [6.45, 7) is 1.73. The Labute approximate surface area is 107 Å². The Morgan fingerprint density at radius 1 is 1.33 bits per heavy atom. The van der Waals surface area contributed by atoms with Crippen molar-refractivity contribution in [2.75, 3.05) is 0 Å². The summed E-state index contributed by atoms with van der Waals surface area (Å²) in [5.74, 6) is 0.580. The van der Waals surface area contributed by atoms with Gasteiger partial charge in [-0.05, 0) is 18.6 Å². The van der Waals surface area contributed by atoms with Crippen LogP contribution in [-0.4, -0.2) is 15.7 Å². The summed E-state index contributed by atoms with van der Waals surface area (Å²) >= 11 is 5.74. The molecule has 2 rings (SSSR count). The number of benzene rings is 1. The third-order valence-corrected chi connectivity index (χ3v) is 3.04. The smallest absolute Gasteiger partial charge is 0.327 e. The van der Waals surface area contributed by atoms with Crippen LogP contribution in [0.4, 0.5) is 13.2 Å². The number of alkyl halides is 4. The van der Waals surface area contributed by atoms with E-state index in [2.05, 4.69) is 4.98 Å². The highest BCUT2D eigenvalue weighted by atomic mass is 35.5. The summed E-state index contributed by atoms with van der Waals surface area (Å²) in [5, 5.41) is 0. The fraction of sp³-hybridized carbons (Fsp3) is 0.417. The van der Waals surface area contributed by atoms with Crippen molar-refractivity contribution in [3.8, 4) is 0 Å². The molecule has 6 heteroatoms. The summed E-state index contributed by atoms with van der Waals surface area (Å²) in [6.07, 6.45) is -5.06. The molecule has 0 radical (unpaired) electrons. The van der Waals surface area contributed by atoms with E-state index in [-0.39, 0.29) is 12.4 Å². The third-order valence-electron chi connectivity index (χ3n) is 2.80. The van der Waals surface area contributed by atoms with Gasteiger partial charge >= 0.3 is 6.18 Å². The Kier molecular flexibility index (Phi) is 3.52. The first-order chi connectivity index (χ1) is 8.42. The van der Waals surface area contributed by atoms with Crippen LogP contribution in [0.3, 0.4) is 0 Å². The molecule has 18 heavy (non-hydrogen) atoms. The number of hydrogen-bond donors (Lipinski definition) is 0. The summed E-state index contributed by atoms with van der Waals surface area (Å²) in [4.78, 5) is 4.30. The lowest BCUT2D eigenvalue weighted by atomic mass is 10.2. The number of aromatic nitrogens is 2. The molecule has 98 valence electrons. The van der Waals surface area contributed by atoms with Gasteiger partial charge in [0, 0.05) is 6.54 Å². The molecule has 0 N–H and O–H groups in total. The minimum atomic E-state index is -4.18. The Bertz CT molecular complexity index is 560. The predicted molar refractivity (Wildman–Crippen MR) is 64.7 cm³/mol. The van der Waals surface area contributed by atoms with Gasteiger partial charge < -0.3 is 4.57 Å². The number of rotatable bonds is 3. The molecule has 2 aromatic rings. The van der Waals surface area contributed by atoms with E-state index in [1.165, 1.54) is 0 Å². The largest absolute Gasteiger partial charge is 0.390 e. The van der Waals surface area contributed by atoms with Gasteiger partial charge in [0.2, 0.25) is 0 Å². The highest BCUT2D eigenvalue weighted by molar-refractivity contribution is 6.16. The number of nitrogens with zero attached hydrogens (tertiary/aromatic N) is 2. The second-order valence-electron chi connectivity index (χ2n) is 4.12. The Balaban J connectivity index is 2.44. The molecule has 0 amide bonds. The molecule has 0 bridgehead atoms. The summed E-state index contributed by atoms with van der Waals surface area (Å²) in [7, 11) is 0. The van der Waals surface area contributed by atoms with E-state index in [9.17, 15) is 13.2 Å². The van der Waals surface area contributed by atoms with E-state index in [0.29, 0.717) is 11.3 Å². The van der Waals surface area contributed by atoms with Crippen molar-refractivity contribution < 1.29 is 13.2 Å². The van der Waals surface area contributed by atoms with Gasteiger partial charge in [0.15, 0.2) is 0 Å². The average molecular weight is 277 g/mol. The molecule has 0 atom stereocenters. The fourth-order valence-corrected chi connectivity index (χ4v) is 2.13. The van der Waals surface area contributed by atoms with Crippen molar-refractivity contribution >= 4 is 22.6 Å². The van der Waals surface area contributed by atoms with Crippen LogP contribution in [-0.2, 0) is 12.4 Å². The zero-order valence-electron chi connectivity index (χ0n) is 9.76. The van der Waals surface area contributed by atoms with E-state index >= 15 is 0 Å².